The van der Waals surface area contributed by atoms with Crippen molar-refractivity contribution in [1.82, 2.24) is 9.13 Å². The van der Waals surface area contributed by atoms with Crippen LogP contribution in [-0.2, 0) is 10.8 Å². The summed E-state index contributed by atoms with van der Waals surface area (Å²) in [4.78, 5) is 0. The third-order valence-corrected chi connectivity index (χ3v) is 12.7. The lowest BCUT2D eigenvalue weighted by atomic mass is 9.63. The molecule has 8 aromatic carbocycles. The maximum Gasteiger partial charge on any atom is 0.0549 e. The number of aromatic nitrogens is 2. The van der Waals surface area contributed by atoms with Gasteiger partial charge in [0.1, 0.15) is 0 Å². The van der Waals surface area contributed by atoms with Crippen molar-refractivity contribution in [3.63, 3.8) is 0 Å². The summed E-state index contributed by atoms with van der Waals surface area (Å²) in [7, 11) is 0. The summed E-state index contributed by atoms with van der Waals surface area (Å²) < 4.78 is 5.02. The highest BCUT2D eigenvalue weighted by molar-refractivity contribution is 6.25. The molecule has 10 aromatic rings. The van der Waals surface area contributed by atoms with E-state index in [2.05, 4.69) is 195 Å². The van der Waals surface area contributed by atoms with Gasteiger partial charge in [-0.05, 0) is 128 Å². The molecule has 0 unspecified atom stereocenters. The lowest BCUT2D eigenvalue weighted by molar-refractivity contribution is 0.332. The topological polar surface area (TPSA) is 9.86 Å². The first-order valence-corrected chi connectivity index (χ1v) is 19.4. The maximum absolute atomic E-state index is 2.56. The van der Waals surface area contributed by atoms with E-state index in [1.807, 2.05) is 0 Å². The van der Waals surface area contributed by atoms with E-state index in [0.717, 1.165) is 0 Å². The van der Waals surface area contributed by atoms with Crippen molar-refractivity contribution in [2.45, 2.75) is 51.4 Å². The molecule has 2 heterocycles. The second-order valence-electron chi connectivity index (χ2n) is 16.9. The quantitative estimate of drug-likeness (QED) is 0.174. The van der Waals surface area contributed by atoms with Gasteiger partial charge in [-0.1, -0.05) is 125 Å². The van der Waals surface area contributed by atoms with E-state index < -0.39 is 0 Å². The largest absolute Gasteiger partial charge is 0.309 e. The van der Waals surface area contributed by atoms with E-state index in [1.54, 1.807) is 0 Å². The molecule has 11 rings (SSSR count). The van der Waals surface area contributed by atoms with Crippen molar-refractivity contribution < 1.29 is 0 Å². The molecule has 0 amide bonds. The van der Waals surface area contributed by atoms with Gasteiger partial charge < -0.3 is 9.13 Å². The Morgan fingerprint density at radius 3 is 1.69 bits per heavy atom. The van der Waals surface area contributed by atoms with Crippen LogP contribution in [0.25, 0.3) is 87.7 Å². The third-order valence-electron chi connectivity index (χ3n) is 12.7. The lowest BCUT2D eigenvalue weighted by Gasteiger charge is -2.42. The van der Waals surface area contributed by atoms with Crippen molar-refractivity contribution in [3.05, 3.63) is 169 Å². The van der Waals surface area contributed by atoms with Crippen molar-refractivity contribution in [2.75, 3.05) is 0 Å². The number of rotatable bonds is 3. The summed E-state index contributed by atoms with van der Waals surface area (Å²) in [6.07, 6.45) is 2.37. The Bertz CT molecular complexity index is 3130. The zero-order chi connectivity index (χ0) is 36.3. The van der Waals surface area contributed by atoms with E-state index in [9.17, 15) is 0 Å². The molecule has 0 aliphatic heterocycles. The summed E-state index contributed by atoms with van der Waals surface area (Å²) >= 11 is 0. The fourth-order valence-electron chi connectivity index (χ4n) is 9.66. The van der Waals surface area contributed by atoms with Crippen molar-refractivity contribution in [2.24, 2.45) is 0 Å². The smallest absolute Gasteiger partial charge is 0.0549 e. The molecule has 0 N–H and O–H groups in total. The van der Waals surface area contributed by atoms with Gasteiger partial charge in [-0.15, -0.1) is 0 Å². The highest BCUT2D eigenvalue weighted by atomic mass is 15.0. The average Bonchev–Trinajstić information content (AvgIpc) is 3.70. The Labute approximate surface area is 315 Å². The van der Waals surface area contributed by atoms with E-state index in [1.165, 1.54) is 112 Å². The maximum atomic E-state index is 2.56. The Morgan fingerprint density at radius 2 is 0.907 bits per heavy atom. The number of benzene rings is 8. The van der Waals surface area contributed by atoms with Gasteiger partial charge in [-0.2, -0.15) is 0 Å². The molecule has 1 aliphatic carbocycles. The molecule has 54 heavy (non-hydrogen) atoms. The Kier molecular flexibility index (Phi) is 6.51. The molecule has 2 aromatic heterocycles. The minimum atomic E-state index is 0.101. The van der Waals surface area contributed by atoms with Gasteiger partial charge in [0.15, 0.2) is 0 Å². The van der Waals surface area contributed by atoms with Gasteiger partial charge >= 0.3 is 0 Å². The summed E-state index contributed by atoms with van der Waals surface area (Å²) in [5.74, 6) is 0. The zero-order valence-corrected chi connectivity index (χ0v) is 31.3. The summed E-state index contributed by atoms with van der Waals surface area (Å²) in [6.45, 7) is 9.75. The van der Waals surface area contributed by atoms with Crippen molar-refractivity contribution >= 4 is 65.2 Å². The monoisotopic (exact) mass is 694 g/mol. The minimum Gasteiger partial charge on any atom is -0.309 e. The van der Waals surface area contributed by atoms with E-state index in [-0.39, 0.29) is 10.8 Å². The highest BCUT2D eigenvalue weighted by Crippen LogP contribution is 2.49. The molecule has 0 fully saturated rings. The minimum absolute atomic E-state index is 0.101. The number of hydrogen-bond acceptors (Lipinski definition) is 0. The molecule has 0 saturated carbocycles. The Hall–Kier alpha value is -6.12. The fourth-order valence-corrected chi connectivity index (χ4v) is 9.66. The van der Waals surface area contributed by atoms with Crippen LogP contribution >= 0.6 is 0 Å². The van der Waals surface area contributed by atoms with Gasteiger partial charge in [0.25, 0.3) is 0 Å². The predicted molar refractivity (Wildman–Crippen MR) is 231 cm³/mol. The van der Waals surface area contributed by atoms with Crippen LogP contribution in [0, 0.1) is 0 Å². The Morgan fingerprint density at radius 1 is 0.370 bits per heavy atom. The normalized spacial score (nSPS) is 15.2. The van der Waals surface area contributed by atoms with Crippen molar-refractivity contribution in [1.29, 1.82) is 0 Å². The van der Waals surface area contributed by atoms with E-state index >= 15 is 0 Å². The van der Waals surface area contributed by atoms with Crippen LogP contribution in [0.5, 0.6) is 0 Å². The standard InChI is InChI=1S/C52H42N2/c1-51(2)26-27-52(3,4)45-32-49-41(29-44(45)51)42-30-48-43(50-40-17-11-10-13-35(40)22-25-46(50)53(48)38-15-6-5-7-16-38)31-47(42)54(49)39-23-20-34(21-24-39)37-19-18-33-12-8-9-14-36(33)28-37/h5-25,28-32H,26-27H2,1-4H3. The van der Waals surface area contributed by atoms with Crippen LogP contribution < -0.4 is 0 Å². The van der Waals surface area contributed by atoms with Crippen LogP contribution in [0.2, 0.25) is 0 Å². The molecule has 0 saturated heterocycles. The van der Waals surface area contributed by atoms with Crippen molar-refractivity contribution in [3.8, 4) is 22.5 Å². The predicted octanol–water partition coefficient (Wildman–Crippen LogP) is 14.2. The zero-order valence-electron chi connectivity index (χ0n) is 31.3. The van der Waals surface area contributed by atoms with Gasteiger partial charge in [0.2, 0.25) is 0 Å². The first-order valence-electron chi connectivity index (χ1n) is 19.4. The second-order valence-corrected chi connectivity index (χ2v) is 16.9. The summed E-state index contributed by atoms with van der Waals surface area (Å²) in [6, 6.07) is 59.1. The van der Waals surface area contributed by atoms with Gasteiger partial charge in [-0.25, -0.2) is 0 Å². The molecule has 0 atom stereocenters. The average molecular weight is 695 g/mol. The van der Waals surface area contributed by atoms with Crippen LogP contribution in [0.4, 0.5) is 0 Å². The van der Waals surface area contributed by atoms with E-state index in [0.29, 0.717) is 0 Å². The first-order chi connectivity index (χ1) is 26.2. The number of fused-ring (bicyclic) bond motifs is 10. The molecule has 260 valence electrons. The van der Waals surface area contributed by atoms with Gasteiger partial charge in [0, 0.05) is 32.9 Å². The van der Waals surface area contributed by atoms with Crippen LogP contribution in [-0.4, -0.2) is 9.13 Å². The van der Waals surface area contributed by atoms with Crippen LogP contribution in [0.3, 0.4) is 0 Å². The molecular formula is C52H42N2. The molecule has 2 heteroatoms. The first kappa shape index (κ1) is 31.4. The summed E-state index contributed by atoms with van der Waals surface area (Å²) in [5.41, 5.74) is 13.0. The molecule has 0 radical (unpaired) electrons. The highest BCUT2D eigenvalue weighted by Gasteiger charge is 2.38. The molecular weight excluding hydrogens is 653 g/mol. The SMILES string of the molecule is CC1(C)CCC(C)(C)c2cc3c(cc21)c1cc2c(cc1n3-c1ccc(-c3ccc4ccccc4c3)cc1)c1c3ccccc3ccc1n2-c1ccccc1. The summed E-state index contributed by atoms with van der Waals surface area (Å²) in [5, 5.41) is 10.3. The number of nitrogens with zero attached hydrogens (tertiary/aromatic N) is 2. The molecule has 0 bridgehead atoms. The van der Waals surface area contributed by atoms with Crippen LogP contribution in [0.15, 0.2) is 158 Å². The lowest BCUT2D eigenvalue weighted by Crippen LogP contribution is -2.33. The fraction of sp³-hybridized carbons (Fsp3) is 0.154. The third kappa shape index (κ3) is 4.53. The molecule has 2 nitrogen and oxygen atoms in total. The second kappa shape index (κ2) is 11.2. The van der Waals surface area contributed by atoms with E-state index in [4.69, 9.17) is 0 Å². The van der Waals surface area contributed by atoms with Gasteiger partial charge in [-0.3, -0.25) is 0 Å². The van der Waals surface area contributed by atoms with Gasteiger partial charge in [0.05, 0.1) is 22.1 Å². The molecule has 1 aliphatic rings. The number of para-hydroxylation sites is 1. The molecule has 0 spiro atoms. The number of hydrogen-bond donors (Lipinski definition) is 0. The Balaban J connectivity index is 1.25. The van der Waals surface area contributed by atoms with Crippen LogP contribution in [0.1, 0.15) is 51.7 Å².